The summed E-state index contributed by atoms with van der Waals surface area (Å²) in [5, 5.41) is 3.62. The molecule has 1 fully saturated rings. The first-order valence-corrected chi connectivity index (χ1v) is 7.54. The average molecular weight is 256 g/mol. The molecule has 0 saturated carbocycles. The van der Waals surface area contributed by atoms with E-state index in [0.29, 0.717) is 11.3 Å². The van der Waals surface area contributed by atoms with Gasteiger partial charge >= 0.3 is 0 Å². The van der Waals surface area contributed by atoms with Gasteiger partial charge in [-0.25, -0.2) is 0 Å². The summed E-state index contributed by atoms with van der Waals surface area (Å²) in [6.45, 7) is 11.8. The van der Waals surface area contributed by atoms with Crippen LogP contribution in [0, 0.1) is 17.3 Å². The summed E-state index contributed by atoms with van der Waals surface area (Å²) >= 11 is 0. The highest BCUT2D eigenvalue weighted by atomic mass is 16.5. The Balaban J connectivity index is 2.13. The number of hydrogen-bond acceptors (Lipinski definition) is 3. The lowest BCUT2D eigenvalue weighted by Crippen LogP contribution is -2.37. The number of nitrogens with two attached hydrogens (primary N) is 1. The first-order valence-electron chi connectivity index (χ1n) is 7.54. The van der Waals surface area contributed by atoms with Gasteiger partial charge in [0.2, 0.25) is 0 Å². The predicted octanol–water partition coefficient (Wildman–Crippen LogP) is 2.40. The van der Waals surface area contributed by atoms with Crippen LogP contribution < -0.4 is 11.1 Å². The average Bonchev–Trinajstić information content (AvgIpc) is 2.33. The van der Waals surface area contributed by atoms with E-state index in [0.717, 1.165) is 38.8 Å². The van der Waals surface area contributed by atoms with Crippen molar-refractivity contribution in [3.05, 3.63) is 0 Å². The van der Waals surface area contributed by atoms with Crippen molar-refractivity contribution in [2.24, 2.45) is 23.0 Å². The standard InChI is InChI=1S/C15H32N2O/c1-13(2)10-14(11-16)4-7-17-12-15(3)5-8-18-9-6-15/h13-14,17H,4-12,16H2,1-3H3. The molecule has 3 N–H and O–H groups in total. The maximum Gasteiger partial charge on any atom is 0.0471 e. The van der Waals surface area contributed by atoms with Gasteiger partial charge in [0.1, 0.15) is 0 Å². The minimum absolute atomic E-state index is 0.439. The van der Waals surface area contributed by atoms with E-state index in [-0.39, 0.29) is 0 Å². The third-order valence-electron chi connectivity index (χ3n) is 4.12. The second-order valence-corrected chi connectivity index (χ2v) is 6.62. The lowest BCUT2D eigenvalue weighted by Gasteiger charge is -2.34. The Morgan fingerprint density at radius 1 is 1.28 bits per heavy atom. The highest BCUT2D eigenvalue weighted by molar-refractivity contribution is 4.79. The molecule has 1 heterocycles. The van der Waals surface area contributed by atoms with Gasteiger partial charge in [0, 0.05) is 19.8 Å². The van der Waals surface area contributed by atoms with Crippen LogP contribution in [-0.2, 0) is 4.74 Å². The zero-order valence-electron chi connectivity index (χ0n) is 12.5. The Hall–Kier alpha value is -0.120. The van der Waals surface area contributed by atoms with E-state index in [1.54, 1.807) is 0 Å². The normalized spacial score (nSPS) is 21.2. The summed E-state index contributed by atoms with van der Waals surface area (Å²) in [6, 6.07) is 0. The first kappa shape index (κ1) is 15.9. The lowest BCUT2D eigenvalue weighted by molar-refractivity contribution is 0.0240. The van der Waals surface area contributed by atoms with Crippen molar-refractivity contribution in [1.29, 1.82) is 0 Å². The number of nitrogens with one attached hydrogen (secondary N) is 1. The van der Waals surface area contributed by atoms with Crippen molar-refractivity contribution in [1.82, 2.24) is 5.32 Å². The van der Waals surface area contributed by atoms with Crippen molar-refractivity contribution in [3.8, 4) is 0 Å². The molecule has 0 spiro atoms. The zero-order valence-corrected chi connectivity index (χ0v) is 12.5. The molecule has 0 aromatic rings. The van der Waals surface area contributed by atoms with Crippen molar-refractivity contribution in [2.45, 2.75) is 46.5 Å². The summed E-state index contributed by atoms with van der Waals surface area (Å²) < 4.78 is 5.43. The van der Waals surface area contributed by atoms with E-state index >= 15 is 0 Å². The van der Waals surface area contributed by atoms with Crippen LogP contribution in [0.15, 0.2) is 0 Å². The van der Waals surface area contributed by atoms with Gasteiger partial charge in [-0.15, -0.1) is 0 Å². The Kier molecular flexibility index (Phi) is 7.20. The predicted molar refractivity (Wildman–Crippen MR) is 77.6 cm³/mol. The second kappa shape index (κ2) is 8.13. The van der Waals surface area contributed by atoms with E-state index in [1.807, 2.05) is 0 Å². The van der Waals surface area contributed by atoms with Crippen molar-refractivity contribution in [2.75, 3.05) is 32.8 Å². The quantitative estimate of drug-likeness (QED) is 0.656. The molecule has 1 aliphatic heterocycles. The molecule has 0 amide bonds. The minimum atomic E-state index is 0.439. The molecule has 3 nitrogen and oxygen atoms in total. The smallest absolute Gasteiger partial charge is 0.0471 e. The van der Waals surface area contributed by atoms with Crippen molar-refractivity contribution < 1.29 is 4.74 Å². The van der Waals surface area contributed by atoms with E-state index in [1.165, 1.54) is 25.7 Å². The van der Waals surface area contributed by atoms with E-state index in [2.05, 4.69) is 26.1 Å². The molecule has 0 aliphatic carbocycles. The molecule has 1 unspecified atom stereocenters. The van der Waals surface area contributed by atoms with Gasteiger partial charge in [0.05, 0.1) is 0 Å². The van der Waals surface area contributed by atoms with Crippen LogP contribution in [0.5, 0.6) is 0 Å². The highest BCUT2D eigenvalue weighted by Crippen LogP contribution is 2.28. The van der Waals surface area contributed by atoms with Gasteiger partial charge < -0.3 is 15.8 Å². The zero-order chi connectivity index (χ0) is 13.4. The van der Waals surface area contributed by atoms with Gasteiger partial charge in [0.25, 0.3) is 0 Å². The summed E-state index contributed by atoms with van der Waals surface area (Å²) in [7, 11) is 0. The second-order valence-electron chi connectivity index (χ2n) is 6.62. The number of rotatable bonds is 8. The van der Waals surface area contributed by atoms with Crippen LogP contribution in [0.25, 0.3) is 0 Å². The summed E-state index contributed by atoms with van der Waals surface area (Å²) in [4.78, 5) is 0. The van der Waals surface area contributed by atoms with Gasteiger partial charge in [0.15, 0.2) is 0 Å². The highest BCUT2D eigenvalue weighted by Gasteiger charge is 2.26. The molecule has 1 aliphatic rings. The van der Waals surface area contributed by atoms with Crippen LogP contribution in [0.1, 0.15) is 46.5 Å². The molecular formula is C15H32N2O. The van der Waals surface area contributed by atoms with Gasteiger partial charge in [-0.05, 0) is 56.0 Å². The van der Waals surface area contributed by atoms with Crippen LogP contribution in [-0.4, -0.2) is 32.8 Å². The molecule has 0 aromatic carbocycles. The third kappa shape index (κ3) is 6.17. The molecule has 1 atom stereocenters. The van der Waals surface area contributed by atoms with E-state index < -0.39 is 0 Å². The summed E-state index contributed by atoms with van der Waals surface area (Å²) in [5.74, 6) is 1.44. The molecule has 0 bridgehead atoms. The fourth-order valence-corrected chi connectivity index (χ4v) is 2.74. The number of hydrogen-bond donors (Lipinski definition) is 2. The topological polar surface area (TPSA) is 47.3 Å². The summed E-state index contributed by atoms with van der Waals surface area (Å²) in [5.41, 5.74) is 6.27. The van der Waals surface area contributed by atoms with Crippen molar-refractivity contribution >= 4 is 0 Å². The van der Waals surface area contributed by atoms with Gasteiger partial charge in [-0.2, -0.15) is 0 Å². The van der Waals surface area contributed by atoms with E-state index in [4.69, 9.17) is 10.5 Å². The number of ether oxygens (including phenoxy) is 1. The largest absolute Gasteiger partial charge is 0.381 e. The van der Waals surface area contributed by atoms with Crippen molar-refractivity contribution in [3.63, 3.8) is 0 Å². The Morgan fingerprint density at radius 3 is 2.50 bits per heavy atom. The first-order chi connectivity index (χ1) is 8.56. The summed E-state index contributed by atoms with van der Waals surface area (Å²) in [6.07, 6.45) is 4.84. The van der Waals surface area contributed by atoms with Crippen LogP contribution >= 0.6 is 0 Å². The van der Waals surface area contributed by atoms with Gasteiger partial charge in [-0.1, -0.05) is 20.8 Å². The van der Waals surface area contributed by atoms with Crippen LogP contribution in [0.2, 0.25) is 0 Å². The van der Waals surface area contributed by atoms with Gasteiger partial charge in [-0.3, -0.25) is 0 Å². The SMILES string of the molecule is CC(C)CC(CN)CCNCC1(C)CCOCC1. The molecule has 0 aromatic heterocycles. The Labute approximate surface area is 113 Å². The molecule has 0 radical (unpaired) electrons. The Morgan fingerprint density at radius 2 is 1.94 bits per heavy atom. The molecule has 18 heavy (non-hydrogen) atoms. The maximum atomic E-state index is 5.83. The monoisotopic (exact) mass is 256 g/mol. The molecule has 3 heteroatoms. The van der Waals surface area contributed by atoms with Crippen LogP contribution in [0.3, 0.4) is 0 Å². The fraction of sp³-hybridized carbons (Fsp3) is 1.00. The third-order valence-corrected chi connectivity index (χ3v) is 4.12. The van der Waals surface area contributed by atoms with E-state index in [9.17, 15) is 0 Å². The molecule has 108 valence electrons. The lowest BCUT2D eigenvalue weighted by atomic mass is 9.82. The Bertz CT molecular complexity index is 213. The maximum absolute atomic E-state index is 5.83. The van der Waals surface area contributed by atoms with Crippen LogP contribution in [0.4, 0.5) is 0 Å². The molecule has 1 rings (SSSR count). The minimum Gasteiger partial charge on any atom is -0.381 e. The molecular weight excluding hydrogens is 224 g/mol. The fourth-order valence-electron chi connectivity index (χ4n) is 2.74. The molecule has 1 saturated heterocycles.